The first kappa shape index (κ1) is 17.2. The molecule has 1 amide bonds. The minimum Gasteiger partial charge on any atom is -0.481 e. The molecular formula is C16H23NO4. The Morgan fingerprint density at radius 3 is 2.43 bits per heavy atom. The van der Waals surface area contributed by atoms with Crippen LogP contribution in [-0.2, 0) is 20.9 Å². The fourth-order valence-electron chi connectivity index (χ4n) is 1.95. The molecule has 0 heterocycles. The van der Waals surface area contributed by atoms with Gasteiger partial charge in [0.25, 0.3) is 0 Å². The average Bonchev–Trinajstić information content (AvgIpc) is 2.44. The molecule has 0 spiro atoms. The van der Waals surface area contributed by atoms with Crippen molar-refractivity contribution in [1.29, 1.82) is 0 Å². The number of carbonyl (C=O) groups is 2. The van der Waals surface area contributed by atoms with Crippen LogP contribution in [-0.4, -0.2) is 41.1 Å². The highest BCUT2D eigenvalue weighted by molar-refractivity contribution is 5.77. The molecule has 0 aromatic heterocycles. The van der Waals surface area contributed by atoms with E-state index in [4.69, 9.17) is 9.84 Å². The molecule has 116 valence electrons. The van der Waals surface area contributed by atoms with Crippen LogP contribution in [0.5, 0.6) is 0 Å². The molecule has 0 fully saturated rings. The molecule has 5 heteroatoms. The van der Waals surface area contributed by atoms with Gasteiger partial charge in [-0.15, -0.1) is 0 Å². The maximum Gasteiger partial charge on any atom is 0.305 e. The second kappa shape index (κ2) is 9.13. The van der Waals surface area contributed by atoms with Crippen LogP contribution in [0.3, 0.4) is 0 Å². The predicted octanol–water partition coefficient (Wildman–Crippen LogP) is 2.30. The molecule has 1 rings (SSSR count). The molecule has 1 aromatic carbocycles. The number of carbonyl (C=O) groups excluding carboxylic acids is 1. The smallest absolute Gasteiger partial charge is 0.305 e. The Balaban J connectivity index is 2.31. The molecule has 5 nitrogen and oxygen atoms in total. The Kier molecular flexibility index (Phi) is 7.46. The van der Waals surface area contributed by atoms with Crippen LogP contribution in [0.1, 0.15) is 32.3 Å². The summed E-state index contributed by atoms with van der Waals surface area (Å²) in [5.74, 6) is -0.965. The van der Waals surface area contributed by atoms with Gasteiger partial charge in [0, 0.05) is 12.6 Å². The summed E-state index contributed by atoms with van der Waals surface area (Å²) >= 11 is 0. The van der Waals surface area contributed by atoms with E-state index in [1.54, 1.807) is 4.90 Å². The number of hydrogen-bond acceptors (Lipinski definition) is 3. The summed E-state index contributed by atoms with van der Waals surface area (Å²) in [4.78, 5) is 24.2. The lowest BCUT2D eigenvalue weighted by Gasteiger charge is -2.26. The molecule has 1 N–H and O–H groups in total. The lowest BCUT2D eigenvalue weighted by Crippen LogP contribution is -2.38. The molecule has 0 atom stereocenters. The Hall–Kier alpha value is -1.88. The molecule has 0 radical (unpaired) electrons. The van der Waals surface area contributed by atoms with Crippen LogP contribution in [0.2, 0.25) is 0 Å². The Morgan fingerprint density at radius 2 is 1.86 bits per heavy atom. The van der Waals surface area contributed by atoms with E-state index in [-0.39, 0.29) is 31.3 Å². The lowest BCUT2D eigenvalue weighted by atomic mass is 10.2. The normalized spacial score (nSPS) is 10.6. The first-order valence-corrected chi connectivity index (χ1v) is 7.13. The predicted molar refractivity (Wildman–Crippen MR) is 79.8 cm³/mol. The molecule has 0 aliphatic carbocycles. The summed E-state index contributed by atoms with van der Waals surface area (Å²) < 4.78 is 5.48. The van der Waals surface area contributed by atoms with Gasteiger partial charge in [-0.2, -0.15) is 0 Å². The summed E-state index contributed by atoms with van der Waals surface area (Å²) in [6.45, 7) is 4.81. The number of carboxylic acid groups (broad SMARTS) is 1. The number of benzene rings is 1. The third-order valence-corrected chi connectivity index (χ3v) is 3.08. The molecule has 0 saturated heterocycles. The fourth-order valence-corrected chi connectivity index (χ4v) is 1.95. The number of hydrogen-bond donors (Lipinski definition) is 1. The van der Waals surface area contributed by atoms with Gasteiger partial charge in [0.15, 0.2) is 0 Å². The zero-order valence-corrected chi connectivity index (χ0v) is 12.6. The van der Waals surface area contributed by atoms with E-state index >= 15 is 0 Å². The minimum atomic E-state index is -0.895. The van der Waals surface area contributed by atoms with Gasteiger partial charge in [-0.3, -0.25) is 9.59 Å². The zero-order chi connectivity index (χ0) is 15.7. The Morgan fingerprint density at radius 1 is 1.19 bits per heavy atom. The number of ether oxygens (including phenoxy) is 1. The lowest BCUT2D eigenvalue weighted by molar-refractivity contribution is -0.139. The second-order valence-corrected chi connectivity index (χ2v) is 5.11. The summed E-state index contributed by atoms with van der Waals surface area (Å²) in [6, 6.07) is 9.75. The quantitative estimate of drug-likeness (QED) is 0.709. The van der Waals surface area contributed by atoms with Gasteiger partial charge in [-0.1, -0.05) is 30.3 Å². The highest BCUT2D eigenvalue weighted by atomic mass is 16.5. The van der Waals surface area contributed by atoms with E-state index in [1.165, 1.54) is 0 Å². The van der Waals surface area contributed by atoms with E-state index in [1.807, 2.05) is 44.2 Å². The van der Waals surface area contributed by atoms with E-state index < -0.39 is 5.97 Å². The Labute approximate surface area is 125 Å². The molecular weight excluding hydrogens is 270 g/mol. The van der Waals surface area contributed by atoms with Crippen LogP contribution >= 0.6 is 0 Å². The molecule has 1 aromatic rings. The topological polar surface area (TPSA) is 66.8 Å². The summed E-state index contributed by atoms with van der Waals surface area (Å²) in [7, 11) is 0. The summed E-state index contributed by atoms with van der Waals surface area (Å²) in [5.41, 5.74) is 1.07. The van der Waals surface area contributed by atoms with E-state index in [0.29, 0.717) is 13.2 Å². The van der Waals surface area contributed by atoms with Crippen molar-refractivity contribution in [2.45, 2.75) is 39.3 Å². The number of rotatable bonds is 9. The van der Waals surface area contributed by atoms with Gasteiger partial charge in [-0.05, 0) is 19.4 Å². The number of aliphatic carboxylic acids is 1. The van der Waals surface area contributed by atoms with Crippen LogP contribution < -0.4 is 0 Å². The van der Waals surface area contributed by atoms with Crippen molar-refractivity contribution >= 4 is 11.9 Å². The van der Waals surface area contributed by atoms with Crippen molar-refractivity contribution in [3.05, 3.63) is 35.9 Å². The largest absolute Gasteiger partial charge is 0.481 e. The highest BCUT2D eigenvalue weighted by Gasteiger charge is 2.17. The van der Waals surface area contributed by atoms with Gasteiger partial charge in [0.1, 0.15) is 0 Å². The average molecular weight is 293 g/mol. The van der Waals surface area contributed by atoms with Crippen molar-refractivity contribution in [2.24, 2.45) is 0 Å². The summed E-state index contributed by atoms with van der Waals surface area (Å²) in [5, 5.41) is 8.70. The minimum absolute atomic E-state index is 0.00836. The molecule has 0 aliphatic rings. The monoisotopic (exact) mass is 293 g/mol. The highest BCUT2D eigenvalue weighted by Crippen LogP contribution is 2.05. The van der Waals surface area contributed by atoms with Crippen molar-refractivity contribution in [1.82, 2.24) is 4.90 Å². The molecule has 21 heavy (non-hydrogen) atoms. The maximum atomic E-state index is 12.1. The van der Waals surface area contributed by atoms with Crippen molar-refractivity contribution < 1.29 is 19.4 Å². The third kappa shape index (κ3) is 6.90. The third-order valence-electron chi connectivity index (χ3n) is 3.08. The van der Waals surface area contributed by atoms with E-state index in [0.717, 1.165) is 5.56 Å². The van der Waals surface area contributed by atoms with Gasteiger partial charge < -0.3 is 14.7 Å². The summed E-state index contributed by atoms with van der Waals surface area (Å²) in [6.07, 6.45) is 0.236. The van der Waals surface area contributed by atoms with E-state index in [2.05, 4.69) is 0 Å². The van der Waals surface area contributed by atoms with Gasteiger partial charge in [0.2, 0.25) is 5.91 Å². The van der Waals surface area contributed by atoms with Crippen LogP contribution in [0.15, 0.2) is 30.3 Å². The number of amides is 1. The molecule has 0 bridgehead atoms. The first-order chi connectivity index (χ1) is 10.0. The first-order valence-electron chi connectivity index (χ1n) is 7.13. The van der Waals surface area contributed by atoms with E-state index in [9.17, 15) is 9.59 Å². The van der Waals surface area contributed by atoms with Crippen molar-refractivity contribution in [2.75, 3.05) is 13.2 Å². The zero-order valence-electron chi connectivity index (χ0n) is 12.6. The second-order valence-electron chi connectivity index (χ2n) is 5.11. The Bertz CT molecular complexity index is 445. The maximum absolute atomic E-state index is 12.1. The molecule has 0 aliphatic heterocycles. The van der Waals surface area contributed by atoms with Crippen LogP contribution in [0.25, 0.3) is 0 Å². The number of nitrogens with zero attached hydrogens (tertiary/aromatic N) is 1. The fraction of sp³-hybridized carbons (Fsp3) is 0.500. The van der Waals surface area contributed by atoms with Crippen LogP contribution in [0, 0.1) is 0 Å². The van der Waals surface area contributed by atoms with Gasteiger partial charge >= 0.3 is 5.97 Å². The number of carboxylic acids is 1. The molecule has 0 unspecified atom stereocenters. The molecule has 0 saturated carbocycles. The van der Waals surface area contributed by atoms with Crippen molar-refractivity contribution in [3.8, 4) is 0 Å². The van der Waals surface area contributed by atoms with Gasteiger partial charge in [-0.25, -0.2) is 0 Å². The SMILES string of the molecule is CC(C)N(CCC(=O)O)C(=O)CCOCc1ccccc1. The standard InChI is InChI=1S/C16H23NO4/c1-13(2)17(10-8-16(19)20)15(18)9-11-21-12-14-6-4-3-5-7-14/h3-7,13H,8-12H2,1-2H3,(H,19,20). The van der Waals surface area contributed by atoms with Gasteiger partial charge in [0.05, 0.1) is 26.1 Å². The van der Waals surface area contributed by atoms with Crippen LogP contribution in [0.4, 0.5) is 0 Å². The van der Waals surface area contributed by atoms with Crippen molar-refractivity contribution in [3.63, 3.8) is 0 Å².